The van der Waals surface area contributed by atoms with Crippen LogP contribution in [-0.2, 0) is 0 Å². The second-order valence-electron chi connectivity index (χ2n) is 6.19. The van der Waals surface area contributed by atoms with Crippen LogP contribution in [0.5, 0.6) is 0 Å². The molecule has 0 aliphatic carbocycles. The lowest BCUT2D eigenvalue weighted by Crippen LogP contribution is -2.43. The molecule has 0 unspecified atom stereocenters. The van der Waals surface area contributed by atoms with Crippen LogP contribution in [-0.4, -0.2) is 22.5 Å². The van der Waals surface area contributed by atoms with Gasteiger partial charge < -0.3 is 14.6 Å². The lowest BCUT2D eigenvalue weighted by Gasteiger charge is -2.37. The van der Waals surface area contributed by atoms with Crippen molar-refractivity contribution < 1.29 is 18.0 Å². The Labute approximate surface area is 138 Å². The monoisotopic (exact) mass is 335 g/mol. The number of pyridine rings is 1. The summed E-state index contributed by atoms with van der Waals surface area (Å²) < 4.78 is 32.2. The molecule has 3 rings (SSSR count). The van der Waals surface area contributed by atoms with Crippen LogP contribution in [0.2, 0.25) is 0 Å². The molecule has 24 heavy (non-hydrogen) atoms. The largest absolute Gasteiger partial charge is 0.464 e. The van der Waals surface area contributed by atoms with Gasteiger partial charge in [0.05, 0.1) is 11.7 Å². The van der Waals surface area contributed by atoms with Gasteiger partial charge in [-0.1, -0.05) is 6.92 Å². The molecule has 1 saturated heterocycles. The zero-order valence-corrected chi connectivity index (χ0v) is 13.6. The van der Waals surface area contributed by atoms with Gasteiger partial charge in [0.25, 0.3) is 0 Å². The first-order chi connectivity index (χ1) is 11.4. The number of aryl methyl sites for hydroxylation is 1. The lowest BCUT2D eigenvalue weighted by molar-refractivity contribution is 0.128. The summed E-state index contributed by atoms with van der Waals surface area (Å²) in [6.45, 7) is 4.51. The Hall–Kier alpha value is -2.44. The normalized spacial score (nSPS) is 20.9. The number of furan rings is 1. The number of carbonyl (C=O) groups is 1. The van der Waals surface area contributed by atoms with Gasteiger partial charge in [-0.3, -0.25) is 0 Å². The van der Waals surface area contributed by atoms with Gasteiger partial charge in [-0.25, -0.2) is 4.79 Å². The SMILES string of the molecule is Cc1ccc([C@@H]2C[C@H](C)CCN2C(=O)Nc2ccc(F)nc2F)o1. The zero-order valence-electron chi connectivity index (χ0n) is 13.6. The Morgan fingerprint density at radius 1 is 1.33 bits per heavy atom. The highest BCUT2D eigenvalue weighted by molar-refractivity contribution is 5.89. The van der Waals surface area contributed by atoms with Crippen molar-refractivity contribution in [1.29, 1.82) is 0 Å². The van der Waals surface area contributed by atoms with Crippen molar-refractivity contribution in [1.82, 2.24) is 9.88 Å². The summed E-state index contributed by atoms with van der Waals surface area (Å²) in [7, 11) is 0. The number of halogens is 2. The molecule has 0 spiro atoms. The molecule has 2 amide bonds. The molecular weight excluding hydrogens is 316 g/mol. The summed E-state index contributed by atoms with van der Waals surface area (Å²) in [5.41, 5.74) is -0.144. The summed E-state index contributed by atoms with van der Waals surface area (Å²) in [5.74, 6) is -0.0294. The van der Waals surface area contributed by atoms with E-state index in [4.69, 9.17) is 4.42 Å². The van der Waals surface area contributed by atoms with Crippen molar-refractivity contribution in [3.63, 3.8) is 0 Å². The number of hydrogen-bond acceptors (Lipinski definition) is 3. The molecule has 2 aromatic rings. The number of amides is 2. The van der Waals surface area contributed by atoms with Gasteiger partial charge in [-0.15, -0.1) is 0 Å². The van der Waals surface area contributed by atoms with Crippen LogP contribution in [0.3, 0.4) is 0 Å². The highest BCUT2D eigenvalue weighted by Gasteiger charge is 2.33. The highest BCUT2D eigenvalue weighted by Crippen LogP contribution is 2.35. The maximum absolute atomic E-state index is 13.7. The second kappa shape index (κ2) is 6.59. The van der Waals surface area contributed by atoms with E-state index in [1.54, 1.807) is 4.90 Å². The fourth-order valence-corrected chi connectivity index (χ4v) is 2.98. The molecule has 5 nitrogen and oxygen atoms in total. The number of rotatable bonds is 2. The molecule has 1 N–H and O–H groups in total. The van der Waals surface area contributed by atoms with Crippen molar-refractivity contribution in [2.75, 3.05) is 11.9 Å². The van der Waals surface area contributed by atoms with Crippen molar-refractivity contribution in [2.45, 2.75) is 32.7 Å². The van der Waals surface area contributed by atoms with E-state index in [1.807, 2.05) is 19.1 Å². The number of carbonyl (C=O) groups excluding carboxylic acids is 1. The van der Waals surface area contributed by atoms with Crippen LogP contribution in [0.25, 0.3) is 0 Å². The summed E-state index contributed by atoms with van der Waals surface area (Å²) in [4.78, 5) is 17.3. The summed E-state index contributed by atoms with van der Waals surface area (Å²) in [6.07, 6.45) is 1.62. The average Bonchev–Trinajstić information content (AvgIpc) is 2.96. The maximum atomic E-state index is 13.7. The van der Waals surface area contributed by atoms with Crippen LogP contribution in [0.1, 0.15) is 37.3 Å². The number of piperidine rings is 1. The van der Waals surface area contributed by atoms with Gasteiger partial charge in [-0.2, -0.15) is 13.8 Å². The highest BCUT2D eigenvalue weighted by atomic mass is 19.1. The van der Waals surface area contributed by atoms with Gasteiger partial charge >= 0.3 is 6.03 Å². The zero-order chi connectivity index (χ0) is 17.3. The van der Waals surface area contributed by atoms with Crippen LogP contribution in [0.4, 0.5) is 19.3 Å². The van der Waals surface area contributed by atoms with E-state index < -0.39 is 17.9 Å². The van der Waals surface area contributed by atoms with Crippen LogP contribution in [0, 0.1) is 24.7 Å². The third-order valence-electron chi connectivity index (χ3n) is 4.27. The summed E-state index contributed by atoms with van der Waals surface area (Å²) >= 11 is 0. The minimum absolute atomic E-state index is 0.144. The molecule has 0 saturated carbocycles. The molecule has 0 radical (unpaired) electrons. The Morgan fingerprint density at radius 2 is 2.12 bits per heavy atom. The van der Waals surface area contributed by atoms with E-state index in [0.717, 1.165) is 30.7 Å². The van der Waals surface area contributed by atoms with Crippen molar-refractivity contribution in [3.05, 3.63) is 47.7 Å². The molecular formula is C17H19F2N3O2. The van der Waals surface area contributed by atoms with Gasteiger partial charge in [-0.05, 0) is 49.9 Å². The number of anilines is 1. The van der Waals surface area contributed by atoms with E-state index in [-0.39, 0.29) is 11.7 Å². The predicted octanol–water partition coefficient (Wildman–Crippen LogP) is 4.27. The Balaban J connectivity index is 1.80. The number of nitrogens with zero attached hydrogens (tertiary/aromatic N) is 2. The van der Waals surface area contributed by atoms with Gasteiger partial charge in [0, 0.05) is 6.54 Å². The lowest BCUT2D eigenvalue weighted by atomic mass is 9.91. The van der Waals surface area contributed by atoms with Crippen LogP contribution in [0.15, 0.2) is 28.7 Å². The molecule has 1 aliphatic heterocycles. The molecule has 0 aromatic carbocycles. The van der Waals surface area contributed by atoms with Crippen LogP contribution < -0.4 is 5.32 Å². The van der Waals surface area contributed by atoms with E-state index in [9.17, 15) is 13.6 Å². The molecule has 2 atom stereocenters. The minimum atomic E-state index is -1.04. The number of urea groups is 1. The number of nitrogens with one attached hydrogen (secondary N) is 1. The first kappa shape index (κ1) is 16.4. The fourth-order valence-electron chi connectivity index (χ4n) is 2.98. The topological polar surface area (TPSA) is 58.4 Å². The minimum Gasteiger partial charge on any atom is -0.464 e. The molecule has 1 fully saturated rings. The summed E-state index contributed by atoms with van der Waals surface area (Å²) in [6, 6.07) is 5.22. The smallest absolute Gasteiger partial charge is 0.322 e. The Bertz CT molecular complexity index is 747. The van der Waals surface area contributed by atoms with Crippen molar-refractivity contribution >= 4 is 11.7 Å². The number of likely N-dealkylation sites (tertiary alicyclic amines) is 1. The number of hydrogen-bond donors (Lipinski definition) is 1. The first-order valence-electron chi connectivity index (χ1n) is 7.90. The molecule has 128 valence electrons. The Kier molecular flexibility index (Phi) is 4.51. The number of aromatic nitrogens is 1. The quantitative estimate of drug-likeness (QED) is 0.834. The fraction of sp³-hybridized carbons (Fsp3) is 0.412. The van der Waals surface area contributed by atoms with Crippen LogP contribution >= 0.6 is 0 Å². The average molecular weight is 335 g/mol. The third-order valence-corrected chi connectivity index (χ3v) is 4.27. The van der Waals surface area contributed by atoms with Crippen molar-refractivity contribution in [2.24, 2.45) is 5.92 Å². The van der Waals surface area contributed by atoms with Gasteiger partial charge in [0.2, 0.25) is 11.9 Å². The second-order valence-corrected chi connectivity index (χ2v) is 6.19. The Morgan fingerprint density at radius 3 is 2.79 bits per heavy atom. The maximum Gasteiger partial charge on any atom is 0.322 e. The molecule has 3 heterocycles. The van der Waals surface area contributed by atoms with E-state index >= 15 is 0 Å². The molecule has 0 bridgehead atoms. The standard InChI is InChI=1S/C17H19F2N3O2/c1-10-7-8-22(13(9-10)14-5-3-11(2)24-14)17(23)20-12-4-6-15(18)21-16(12)19/h3-6,10,13H,7-9H2,1-2H3,(H,20,23)/t10-,13+/m1/s1. The van der Waals surface area contributed by atoms with Gasteiger partial charge in [0.15, 0.2) is 0 Å². The third kappa shape index (κ3) is 3.39. The molecule has 2 aromatic heterocycles. The predicted molar refractivity (Wildman–Crippen MR) is 84.5 cm³/mol. The van der Waals surface area contributed by atoms with E-state index in [0.29, 0.717) is 18.2 Å². The van der Waals surface area contributed by atoms with Gasteiger partial charge in [0.1, 0.15) is 11.5 Å². The summed E-state index contributed by atoms with van der Waals surface area (Å²) in [5, 5.41) is 2.47. The molecule has 1 aliphatic rings. The molecule has 7 heteroatoms. The van der Waals surface area contributed by atoms with E-state index in [1.165, 1.54) is 0 Å². The van der Waals surface area contributed by atoms with Crippen molar-refractivity contribution in [3.8, 4) is 0 Å². The first-order valence-corrected chi connectivity index (χ1v) is 7.90. The van der Waals surface area contributed by atoms with E-state index in [2.05, 4.69) is 17.2 Å².